The minimum atomic E-state index is -2.81. The first-order valence-electron chi connectivity index (χ1n) is 7.19. The third-order valence-electron chi connectivity index (χ3n) is 3.58. The maximum absolute atomic E-state index is 12.8. The zero-order valence-electron chi connectivity index (χ0n) is 12.3. The predicted octanol–water partition coefficient (Wildman–Crippen LogP) is 0.877. The third kappa shape index (κ3) is 3.49. The largest absolute Gasteiger partial charge is 0.314 e. The summed E-state index contributed by atoms with van der Waals surface area (Å²) in [5, 5.41) is 15.8. The minimum Gasteiger partial charge on any atom is -0.314 e. The van der Waals surface area contributed by atoms with Gasteiger partial charge in [0.05, 0.1) is 11.8 Å². The van der Waals surface area contributed by atoms with Crippen LogP contribution in [0.3, 0.4) is 0 Å². The zero-order chi connectivity index (χ0) is 16.2. The van der Waals surface area contributed by atoms with Crippen LogP contribution < -0.4 is 5.32 Å². The Labute approximate surface area is 131 Å². The monoisotopic (exact) mass is 319 g/mol. The second-order valence-electron chi connectivity index (χ2n) is 5.20. The molecule has 1 N–H and O–H groups in total. The van der Waals surface area contributed by atoms with E-state index in [-0.39, 0.29) is 11.5 Å². The first-order chi connectivity index (χ1) is 11.2. The standard InChI is InChI=1S/C14H15F2N7/c15-13(16)12-11(5-17)9-23(21-12)14-19-6-10(7-20-14)8-22-3-1-18-2-4-22/h6-7,9,13,18H,1-4,8H2. The van der Waals surface area contributed by atoms with E-state index in [0.29, 0.717) is 0 Å². The van der Waals surface area contributed by atoms with E-state index in [9.17, 15) is 8.78 Å². The lowest BCUT2D eigenvalue weighted by molar-refractivity contribution is 0.145. The lowest BCUT2D eigenvalue weighted by Crippen LogP contribution is -2.42. The fraction of sp³-hybridized carbons (Fsp3) is 0.429. The summed E-state index contributed by atoms with van der Waals surface area (Å²) in [7, 11) is 0. The number of aromatic nitrogens is 4. The van der Waals surface area contributed by atoms with E-state index in [4.69, 9.17) is 5.26 Å². The summed E-state index contributed by atoms with van der Waals surface area (Å²) in [6.45, 7) is 4.58. The summed E-state index contributed by atoms with van der Waals surface area (Å²) in [5.74, 6) is 0.164. The number of hydrogen-bond donors (Lipinski definition) is 1. The van der Waals surface area contributed by atoms with Crippen LogP contribution in [0.2, 0.25) is 0 Å². The Morgan fingerprint density at radius 1 is 1.26 bits per heavy atom. The molecule has 0 radical (unpaired) electrons. The predicted molar refractivity (Wildman–Crippen MR) is 77.0 cm³/mol. The maximum atomic E-state index is 12.8. The molecule has 2 aromatic heterocycles. The van der Waals surface area contributed by atoms with Crippen molar-refractivity contribution < 1.29 is 8.78 Å². The van der Waals surface area contributed by atoms with Crippen LogP contribution >= 0.6 is 0 Å². The number of nitrogens with one attached hydrogen (secondary N) is 1. The molecule has 0 aliphatic carbocycles. The summed E-state index contributed by atoms with van der Waals surface area (Å²) >= 11 is 0. The number of rotatable bonds is 4. The van der Waals surface area contributed by atoms with Crippen LogP contribution in [0.5, 0.6) is 0 Å². The van der Waals surface area contributed by atoms with Gasteiger partial charge in [-0.1, -0.05) is 0 Å². The molecule has 0 amide bonds. The highest BCUT2D eigenvalue weighted by molar-refractivity contribution is 5.33. The Bertz CT molecular complexity index is 699. The molecular formula is C14H15F2N7. The molecule has 3 heterocycles. The quantitative estimate of drug-likeness (QED) is 0.901. The van der Waals surface area contributed by atoms with E-state index in [2.05, 4.69) is 25.3 Å². The zero-order valence-corrected chi connectivity index (χ0v) is 12.3. The van der Waals surface area contributed by atoms with Crippen molar-refractivity contribution in [2.24, 2.45) is 0 Å². The summed E-state index contributed by atoms with van der Waals surface area (Å²) in [5.41, 5.74) is 0.215. The van der Waals surface area contributed by atoms with Crippen LogP contribution in [-0.2, 0) is 6.54 Å². The van der Waals surface area contributed by atoms with Crippen molar-refractivity contribution in [3.8, 4) is 12.0 Å². The van der Waals surface area contributed by atoms with Crippen LogP contribution in [0, 0.1) is 11.3 Å². The Hall–Kier alpha value is -2.44. The van der Waals surface area contributed by atoms with Crippen molar-refractivity contribution in [2.75, 3.05) is 26.2 Å². The lowest BCUT2D eigenvalue weighted by atomic mass is 10.3. The van der Waals surface area contributed by atoms with Gasteiger partial charge in [-0.05, 0) is 0 Å². The molecule has 0 saturated carbocycles. The van der Waals surface area contributed by atoms with Gasteiger partial charge in [0.1, 0.15) is 11.8 Å². The van der Waals surface area contributed by atoms with Gasteiger partial charge in [0, 0.05) is 50.7 Å². The number of piperazine rings is 1. The average molecular weight is 319 g/mol. The van der Waals surface area contributed by atoms with Crippen molar-refractivity contribution >= 4 is 0 Å². The lowest BCUT2D eigenvalue weighted by Gasteiger charge is -2.26. The van der Waals surface area contributed by atoms with Crippen LogP contribution in [0.4, 0.5) is 8.78 Å². The van der Waals surface area contributed by atoms with Crippen LogP contribution in [0.1, 0.15) is 23.2 Å². The molecule has 23 heavy (non-hydrogen) atoms. The second kappa shape index (κ2) is 6.76. The van der Waals surface area contributed by atoms with Crippen molar-refractivity contribution in [3.05, 3.63) is 35.4 Å². The average Bonchev–Trinajstić information content (AvgIpc) is 3.01. The molecular weight excluding hydrogens is 304 g/mol. The van der Waals surface area contributed by atoms with Gasteiger partial charge in [-0.2, -0.15) is 10.4 Å². The normalized spacial score (nSPS) is 15.7. The molecule has 7 nitrogen and oxygen atoms in total. The number of nitriles is 1. The molecule has 3 rings (SSSR count). The fourth-order valence-corrected chi connectivity index (χ4v) is 2.41. The van der Waals surface area contributed by atoms with Gasteiger partial charge < -0.3 is 5.32 Å². The fourth-order valence-electron chi connectivity index (χ4n) is 2.41. The van der Waals surface area contributed by atoms with E-state index in [1.165, 1.54) is 6.20 Å². The van der Waals surface area contributed by atoms with Crippen LogP contribution in [0.15, 0.2) is 18.6 Å². The molecule has 1 fully saturated rings. The molecule has 0 spiro atoms. The number of hydrogen-bond acceptors (Lipinski definition) is 6. The van der Waals surface area contributed by atoms with Gasteiger partial charge in [0.25, 0.3) is 6.43 Å². The van der Waals surface area contributed by atoms with E-state index in [1.807, 2.05) is 0 Å². The van der Waals surface area contributed by atoms with Crippen molar-refractivity contribution in [1.82, 2.24) is 30.0 Å². The Morgan fingerprint density at radius 2 is 1.96 bits per heavy atom. The van der Waals surface area contributed by atoms with Gasteiger partial charge in [0.2, 0.25) is 5.95 Å². The highest BCUT2D eigenvalue weighted by atomic mass is 19.3. The van der Waals surface area contributed by atoms with Crippen molar-refractivity contribution in [1.29, 1.82) is 5.26 Å². The molecule has 1 aliphatic rings. The molecule has 0 bridgehead atoms. The Kier molecular flexibility index (Phi) is 4.55. The van der Waals surface area contributed by atoms with Crippen LogP contribution in [0.25, 0.3) is 5.95 Å². The van der Waals surface area contributed by atoms with E-state index in [0.717, 1.165) is 43.0 Å². The molecule has 0 unspecified atom stereocenters. The van der Waals surface area contributed by atoms with E-state index < -0.39 is 12.1 Å². The molecule has 120 valence electrons. The second-order valence-corrected chi connectivity index (χ2v) is 5.20. The third-order valence-corrected chi connectivity index (χ3v) is 3.58. The summed E-state index contributed by atoms with van der Waals surface area (Å²) in [4.78, 5) is 10.6. The molecule has 0 atom stereocenters. The molecule has 0 aromatic carbocycles. The highest BCUT2D eigenvalue weighted by Gasteiger charge is 2.19. The minimum absolute atomic E-state index is 0.164. The summed E-state index contributed by atoms with van der Waals surface area (Å²) < 4.78 is 26.7. The molecule has 1 saturated heterocycles. The number of halogens is 2. The Morgan fingerprint density at radius 3 is 2.52 bits per heavy atom. The van der Waals surface area contributed by atoms with Gasteiger partial charge in [-0.3, -0.25) is 4.90 Å². The number of alkyl halides is 2. The van der Waals surface area contributed by atoms with Gasteiger partial charge in [0.15, 0.2) is 0 Å². The van der Waals surface area contributed by atoms with Crippen molar-refractivity contribution in [3.63, 3.8) is 0 Å². The maximum Gasteiger partial charge on any atom is 0.283 e. The first kappa shape index (κ1) is 15.5. The van der Waals surface area contributed by atoms with E-state index in [1.54, 1.807) is 18.5 Å². The SMILES string of the molecule is N#Cc1cn(-c2ncc(CN3CCNCC3)cn2)nc1C(F)F. The first-order valence-corrected chi connectivity index (χ1v) is 7.19. The molecule has 1 aliphatic heterocycles. The van der Waals surface area contributed by atoms with Crippen LogP contribution in [-0.4, -0.2) is 50.8 Å². The van der Waals surface area contributed by atoms with E-state index >= 15 is 0 Å². The summed E-state index contributed by atoms with van der Waals surface area (Å²) in [6.07, 6.45) is 1.71. The van der Waals surface area contributed by atoms with Gasteiger partial charge in [-0.25, -0.2) is 23.4 Å². The smallest absolute Gasteiger partial charge is 0.283 e. The van der Waals surface area contributed by atoms with Crippen molar-refractivity contribution in [2.45, 2.75) is 13.0 Å². The number of nitrogens with zero attached hydrogens (tertiary/aromatic N) is 6. The van der Waals surface area contributed by atoms with Gasteiger partial charge in [-0.15, -0.1) is 0 Å². The Balaban J connectivity index is 1.75. The van der Waals surface area contributed by atoms with Gasteiger partial charge >= 0.3 is 0 Å². The highest BCUT2D eigenvalue weighted by Crippen LogP contribution is 2.21. The summed E-state index contributed by atoms with van der Waals surface area (Å²) in [6, 6.07) is 1.70. The molecule has 9 heteroatoms. The topological polar surface area (TPSA) is 82.7 Å². The molecule has 2 aromatic rings.